The summed E-state index contributed by atoms with van der Waals surface area (Å²) in [4.78, 5) is 6.11. The van der Waals surface area contributed by atoms with Gasteiger partial charge in [-0.2, -0.15) is 0 Å². The number of aromatic nitrogens is 1. The molecule has 1 atom stereocenters. The summed E-state index contributed by atoms with van der Waals surface area (Å²) < 4.78 is 0. The number of hydrogen-bond acceptors (Lipinski definition) is 1. The van der Waals surface area contributed by atoms with Crippen LogP contribution in [0.1, 0.15) is 50.7 Å². The van der Waals surface area contributed by atoms with Crippen LogP contribution in [0.4, 0.5) is 0 Å². The second kappa shape index (κ2) is 7.83. The Bertz CT molecular complexity index is 653. The fraction of sp³-hybridized carbons (Fsp3) is 0.524. The van der Waals surface area contributed by atoms with Crippen LogP contribution in [-0.2, 0) is 12.8 Å². The summed E-state index contributed by atoms with van der Waals surface area (Å²) in [6.45, 7) is 6.81. The van der Waals surface area contributed by atoms with Gasteiger partial charge in [0.25, 0.3) is 0 Å². The minimum absolute atomic E-state index is 0.648. The van der Waals surface area contributed by atoms with Crippen molar-refractivity contribution in [1.82, 2.24) is 9.88 Å². The first-order valence-electron chi connectivity index (χ1n) is 9.27. The number of aryl methyl sites for hydroxylation is 1. The summed E-state index contributed by atoms with van der Waals surface area (Å²) >= 11 is 0. The molecule has 0 radical (unpaired) electrons. The minimum atomic E-state index is 0.648. The molecule has 1 saturated heterocycles. The van der Waals surface area contributed by atoms with Crippen molar-refractivity contribution < 1.29 is 0 Å². The first kappa shape index (κ1) is 16.3. The second-order valence-electron chi connectivity index (χ2n) is 6.82. The first-order chi connectivity index (χ1) is 11.3. The molecule has 3 rings (SSSR count). The molecule has 0 bridgehead atoms. The maximum absolute atomic E-state index is 3.45. The van der Waals surface area contributed by atoms with Gasteiger partial charge in [-0.25, -0.2) is 0 Å². The van der Waals surface area contributed by atoms with E-state index in [9.17, 15) is 0 Å². The Morgan fingerprint density at radius 2 is 2.17 bits per heavy atom. The van der Waals surface area contributed by atoms with Gasteiger partial charge >= 0.3 is 0 Å². The van der Waals surface area contributed by atoms with E-state index in [-0.39, 0.29) is 0 Å². The SMILES string of the molecule is C/C=C\C1CCCCN1CCc1c[nH]c2ccc(CCC)cc12. The molecule has 1 aliphatic heterocycles. The van der Waals surface area contributed by atoms with Crippen LogP contribution in [0.3, 0.4) is 0 Å². The number of piperidine rings is 1. The van der Waals surface area contributed by atoms with Gasteiger partial charge in [0.05, 0.1) is 0 Å². The Morgan fingerprint density at radius 3 is 3.00 bits per heavy atom. The predicted octanol–water partition coefficient (Wildman–Crippen LogP) is 5.09. The first-order valence-corrected chi connectivity index (χ1v) is 9.27. The van der Waals surface area contributed by atoms with Crippen LogP contribution in [0.2, 0.25) is 0 Å². The second-order valence-corrected chi connectivity index (χ2v) is 6.82. The van der Waals surface area contributed by atoms with Gasteiger partial charge in [0.1, 0.15) is 0 Å². The van der Waals surface area contributed by atoms with Gasteiger partial charge in [0.15, 0.2) is 0 Å². The van der Waals surface area contributed by atoms with E-state index in [1.54, 1.807) is 0 Å². The maximum atomic E-state index is 3.45. The van der Waals surface area contributed by atoms with Gasteiger partial charge in [0, 0.05) is 29.7 Å². The van der Waals surface area contributed by atoms with Crippen LogP contribution >= 0.6 is 0 Å². The van der Waals surface area contributed by atoms with E-state index in [2.05, 4.69) is 60.3 Å². The Hall–Kier alpha value is -1.54. The molecule has 0 saturated carbocycles. The highest BCUT2D eigenvalue weighted by Gasteiger charge is 2.19. The van der Waals surface area contributed by atoms with Crippen LogP contribution < -0.4 is 0 Å². The third-order valence-electron chi connectivity index (χ3n) is 5.12. The van der Waals surface area contributed by atoms with Crippen molar-refractivity contribution in [3.63, 3.8) is 0 Å². The number of aromatic amines is 1. The van der Waals surface area contributed by atoms with E-state index in [1.807, 2.05) is 0 Å². The highest BCUT2D eigenvalue weighted by Crippen LogP contribution is 2.23. The van der Waals surface area contributed by atoms with E-state index in [0.717, 1.165) is 6.42 Å². The third kappa shape index (κ3) is 3.87. The van der Waals surface area contributed by atoms with Crippen molar-refractivity contribution in [3.8, 4) is 0 Å². The molecule has 0 aliphatic carbocycles. The van der Waals surface area contributed by atoms with E-state index in [1.165, 1.54) is 67.2 Å². The zero-order valence-electron chi connectivity index (χ0n) is 14.6. The number of allylic oxidation sites excluding steroid dienone is 1. The number of H-pyrrole nitrogens is 1. The lowest BCUT2D eigenvalue weighted by Crippen LogP contribution is -2.39. The average Bonchev–Trinajstić information content (AvgIpc) is 2.97. The minimum Gasteiger partial charge on any atom is -0.361 e. The molecule has 1 N–H and O–H groups in total. The van der Waals surface area contributed by atoms with Gasteiger partial charge in [0.2, 0.25) is 0 Å². The average molecular weight is 310 g/mol. The van der Waals surface area contributed by atoms with E-state index in [4.69, 9.17) is 0 Å². The number of likely N-dealkylation sites (tertiary alicyclic amines) is 1. The van der Waals surface area contributed by atoms with E-state index >= 15 is 0 Å². The predicted molar refractivity (Wildman–Crippen MR) is 100 cm³/mol. The maximum Gasteiger partial charge on any atom is 0.0456 e. The molecule has 0 spiro atoms. The molecule has 0 amide bonds. The Kier molecular flexibility index (Phi) is 5.56. The molecule has 1 aromatic carbocycles. The summed E-state index contributed by atoms with van der Waals surface area (Å²) in [6, 6.07) is 7.55. The molecule has 1 fully saturated rings. The van der Waals surface area contributed by atoms with Crippen LogP contribution in [0.5, 0.6) is 0 Å². The van der Waals surface area contributed by atoms with Gasteiger partial charge in [-0.1, -0.05) is 38.0 Å². The molecule has 2 aromatic rings. The number of nitrogens with zero attached hydrogens (tertiary/aromatic N) is 1. The van der Waals surface area contributed by atoms with E-state index in [0.29, 0.717) is 6.04 Å². The topological polar surface area (TPSA) is 19.0 Å². The van der Waals surface area contributed by atoms with Crippen LogP contribution in [0.15, 0.2) is 36.5 Å². The molecule has 124 valence electrons. The smallest absolute Gasteiger partial charge is 0.0456 e. The largest absolute Gasteiger partial charge is 0.361 e. The Labute approximate surface area is 140 Å². The molecular formula is C21H30N2. The quantitative estimate of drug-likeness (QED) is 0.736. The lowest BCUT2D eigenvalue weighted by Gasteiger charge is -2.33. The monoisotopic (exact) mass is 310 g/mol. The van der Waals surface area contributed by atoms with Crippen molar-refractivity contribution >= 4 is 10.9 Å². The normalized spacial score (nSPS) is 19.8. The fourth-order valence-corrected chi connectivity index (χ4v) is 3.88. The third-order valence-corrected chi connectivity index (χ3v) is 5.12. The van der Waals surface area contributed by atoms with Crippen molar-refractivity contribution in [1.29, 1.82) is 0 Å². The molecule has 1 aromatic heterocycles. The lowest BCUT2D eigenvalue weighted by atomic mass is 10.00. The molecule has 1 aliphatic rings. The van der Waals surface area contributed by atoms with Gasteiger partial charge < -0.3 is 4.98 Å². The summed E-state index contributed by atoms with van der Waals surface area (Å²) in [5.74, 6) is 0. The number of fused-ring (bicyclic) bond motifs is 1. The zero-order valence-corrected chi connectivity index (χ0v) is 14.6. The number of nitrogens with one attached hydrogen (secondary N) is 1. The van der Waals surface area contributed by atoms with Gasteiger partial charge in [-0.3, -0.25) is 4.90 Å². The summed E-state index contributed by atoms with van der Waals surface area (Å²) in [5, 5.41) is 1.43. The number of rotatable bonds is 6. The molecule has 2 heterocycles. The van der Waals surface area contributed by atoms with Crippen LogP contribution in [-0.4, -0.2) is 29.0 Å². The van der Waals surface area contributed by atoms with Crippen LogP contribution in [0, 0.1) is 0 Å². The van der Waals surface area contributed by atoms with Crippen molar-refractivity contribution in [2.24, 2.45) is 0 Å². The number of hydrogen-bond donors (Lipinski definition) is 1. The lowest BCUT2D eigenvalue weighted by molar-refractivity contribution is 0.182. The Balaban J connectivity index is 1.72. The Morgan fingerprint density at radius 1 is 1.26 bits per heavy atom. The van der Waals surface area contributed by atoms with Gasteiger partial charge in [-0.15, -0.1) is 0 Å². The zero-order chi connectivity index (χ0) is 16.1. The molecule has 23 heavy (non-hydrogen) atoms. The summed E-state index contributed by atoms with van der Waals surface area (Å²) in [7, 11) is 0. The van der Waals surface area contributed by atoms with Crippen molar-refractivity contribution in [3.05, 3.63) is 47.7 Å². The molecular weight excluding hydrogens is 280 g/mol. The fourth-order valence-electron chi connectivity index (χ4n) is 3.88. The van der Waals surface area contributed by atoms with Crippen molar-refractivity contribution in [2.45, 2.75) is 58.4 Å². The highest BCUT2D eigenvalue weighted by atomic mass is 15.2. The highest BCUT2D eigenvalue weighted by molar-refractivity contribution is 5.83. The van der Waals surface area contributed by atoms with E-state index < -0.39 is 0 Å². The molecule has 2 heteroatoms. The van der Waals surface area contributed by atoms with Crippen LogP contribution in [0.25, 0.3) is 10.9 Å². The van der Waals surface area contributed by atoms with Gasteiger partial charge in [-0.05, 0) is 62.4 Å². The summed E-state index contributed by atoms with van der Waals surface area (Å²) in [5.41, 5.74) is 4.22. The summed E-state index contributed by atoms with van der Waals surface area (Å²) in [6.07, 6.45) is 14.4. The number of benzene rings is 1. The van der Waals surface area contributed by atoms with Crippen molar-refractivity contribution in [2.75, 3.05) is 13.1 Å². The molecule has 1 unspecified atom stereocenters. The standard InChI is InChI=1S/C21H30N2/c1-3-7-17-10-11-21-20(15-17)18(16-22-21)12-14-23-13-6-5-9-19(23)8-4-2/h4,8,10-11,15-16,19,22H,3,5-7,9,12-14H2,1-2H3/b8-4-. The molecule has 2 nitrogen and oxygen atoms in total.